The topological polar surface area (TPSA) is 35.5 Å². The molecule has 0 amide bonds. The minimum absolute atomic E-state index is 0.0819. The molecule has 1 aromatic rings. The molecular weight excluding hydrogens is 248 g/mol. The molecule has 1 aromatic carbocycles. The van der Waals surface area contributed by atoms with Gasteiger partial charge in [0.05, 0.1) is 12.1 Å². The quantitative estimate of drug-likeness (QED) is 0.796. The summed E-state index contributed by atoms with van der Waals surface area (Å²) in [7, 11) is 4.08. The zero-order valence-corrected chi connectivity index (χ0v) is 12.2. The van der Waals surface area contributed by atoms with E-state index in [2.05, 4.69) is 17.1 Å². The lowest BCUT2D eigenvalue weighted by Crippen LogP contribution is -2.47. The van der Waals surface area contributed by atoms with Crippen LogP contribution in [0.4, 0.5) is 0 Å². The van der Waals surface area contributed by atoms with Gasteiger partial charge >= 0.3 is 0 Å². The third-order valence-electron chi connectivity index (χ3n) is 3.29. The van der Waals surface area contributed by atoms with E-state index in [-0.39, 0.29) is 12.1 Å². The van der Waals surface area contributed by atoms with Crippen LogP contribution in [0.5, 0.6) is 0 Å². The molecule has 2 N–H and O–H groups in total. The van der Waals surface area contributed by atoms with Gasteiger partial charge in [0.25, 0.3) is 0 Å². The Bertz CT molecular complexity index is 347. The van der Waals surface area contributed by atoms with Crippen LogP contribution in [-0.4, -0.2) is 43.8 Å². The average Bonchev–Trinajstić information content (AvgIpc) is 2.36. The summed E-state index contributed by atoms with van der Waals surface area (Å²) < 4.78 is 0. The van der Waals surface area contributed by atoms with Gasteiger partial charge < -0.3 is 15.3 Å². The van der Waals surface area contributed by atoms with Crippen LogP contribution in [0.25, 0.3) is 0 Å². The predicted octanol–water partition coefficient (Wildman–Crippen LogP) is 2.09. The van der Waals surface area contributed by atoms with E-state index in [1.807, 2.05) is 38.4 Å². The molecule has 0 spiro atoms. The molecule has 102 valence electrons. The fourth-order valence-corrected chi connectivity index (χ4v) is 2.10. The Morgan fingerprint density at radius 2 is 1.89 bits per heavy atom. The van der Waals surface area contributed by atoms with Crippen molar-refractivity contribution in [3.8, 4) is 0 Å². The standard InChI is InChI=1S/C14H23ClN2O/c1-4-14(11-18,16-9-10-17(2)3)12-5-7-13(15)8-6-12/h5-8,16,18H,4,9-11H2,1-3H3. The van der Waals surface area contributed by atoms with Crippen LogP contribution in [0.3, 0.4) is 0 Å². The summed E-state index contributed by atoms with van der Waals surface area (Å²) in [6.07, 6.45) is 0.832. The Morgan fingerprint density at radius 1 is 1.28 bits per heavy atom. The normalized spacial score (nSPS) is 14.8. The van der Waals surface area contributed by atoms with E-state index < -0.39 is 0 Å². The molecular formula is C14H23ClN2O. The summed E-state index contributed by atoms with van der Waals surface area (Å²) in [5.41, 5.74) is 0.705. The third-order valence-corrected chi connectivity index (χ3v) is 3.54. The molecule has 1 rings (SSSR count). The molecule has 0 saturated carbocycles. The summed E-state index contributed by atoms with van der Waals surface area (Å²) in [5, 5.41) is 13.9. The van der Waals surface area contributed by atoms with Gasteiger partial charge in [0.15, 0.2) is 0 Å². The zero-order chi connectivity index (χ0) is 13.6. The number of halogens is 1. The SMILES string of the molecule is CCC(CO)(NCCN(C)C)c1ccc(Cl)cc1. The monoisotopic (exact) mass is 270 g/mol. The smallest absolute Gasteiger partial charge is 0.0666 e. The van der Waals surface area contributed by atoms with Gasteiger partial charge in [-0.3, -0.25) is 0 Å². The maximum absolute atomic E-state index is 9.76. The second-order valence-electron chi connectivity index (χ2n) is 4.83. The molecule has 0 aliphatic carbocycles. The Morgan fingerprint density at radius 3 is 2.33 bits per heavy atom. The highest BCUT2D eigenvalue weighted by atomic mass is 35.5. The van der Waals surface area contributed by atoms with E-state index in [4.69, 9.17) is 11.6 Å². The fourth-order valence-electron chi connectivity index (χ4n) is 1.98. The maximum atomic E-state index is 9.76. The van der Waals surface area contributed by atoms with E-state index in [9.17, 15) is 5.11 Å². The van der Waals surface area contributed by atoms with Crippen LogP contribution in [0.1, 0.15) is 18.9 Å². The predicted molar refractivity (Wildman–Crippen MR) is 77.1 cm³/mol. The first kappa shape index (κ1) is 15.4. The lowest BCUT2D eigenvalue weighted by Gasteiger charge is -2.33. The molecule has 1 unspecified atom stereocenters. The highest BCUT2D eigenvalue weighted by molar-refractivity contribution is 6.30. The van der Waals surface area contributed by atoms with Crippen LogP contribution in [0.2, 0.25) is 5.02 Å². The number of nitrogens with one attached hydrogen (secondary N) is 1. The molecule has 0 bridgehead atoms. The molecule has 0 saturated heterocycles. The van der Waals surface area contributed by atoms with Crippen LogP contribution in [0.15, 0.2) is 24.3 Å². The molecule has 0 fully saturated rings. The van der Waals surface area contributed by atoms with Gasteiger partial charge in [-0.25, -0.2) is 0 Å². The molecule has 1 atom stereocenters. The van der Waals surface area contributed by atoms with E-state index in [0.29, 0.717) is 0 Å². The van der Waals surface area contributed by atoms with Gasteiger partial charge in [0.1, 0.15) is 0 Å². The number of hydrogen-bond donors (Lipinski definition) is 2. The van der Waals surface area contributed by atoms with Crippen LogP contribution < -0.4 is 5.32 Å². The summed E-state index contributed by atoms with van der Waals surface area (Å²) >= 11 is 5.90. The Hall–Kier alpha value is -0.610. The molecule has 0 aliphatic rings. The van der Waals surface area contributed by atoms with Crippen molar-refractivity contribution in [3.63, 3.8) is 0 Å². The van der Waals surface area contributed by atoms with Crippen LogP contribution in [-0.2, 0) is 5.54 Å². The van der Waals surface area contributed by atoms with E-state index in [0.717, 1.165) is 30.1 Å². The van der Waals surface area contributed by atoms with Crippen molar-refractivity contribution in [1.82, 2.24) is 10.2 Å². The van der Waals surface area contributed by atoms with Crippen molar-refractivity contribution in [3.05, 3.63) is 34.9 Å². The van der Waals surface area contributed by atoms with Gasteiger partial charge in [0.2, 0.25) is 0 Å². The van der Waals surface area contributed by atoms with Crippen LogP contribution in [0, 0.1) is 0 Å². The number of likely N-dealkylation sites (N-methyl/N-ethyl adjacent to an activating group) is 1. The van der Waals surface area contributed by atoms with Crippen LogP contribution >= 0.6 is 11.6 Å². The summed E-state index contributed by atoms with van der Waals surface area (Å²) in [6, 6.07) is 7.69. The number of aliphatic hydroxyl groups is 1. The number of hydrogen-bond acceptors (Lipinski definition) is 3. The molecule has 0 aromatic heterocycles. The van der Waals surface area contributed by atoms with Gasteiger partial charge in [-0.2, -0.15) is 0 Å². The summed E-state index contributed by atoms with van der Waals surface area (Å²) in [6.45, 7) is 3.94. The minimum atomic E-state index is -0.374. The molecule has 0 aliphatic heterocycles. The van der Waals surface area contributed by atoms with Crippen molar-refractivity contribution in [2.75, 3.05) is 33.8 Å². The molecule has 18 heavy (non-hydrogen) atoms. The second kappa shape index (κ2) is 7.10. The van der Waals surface area contributed by atoms with E-state index >= 15 is 0 Å². The maximum Gasteiger partial charge on any atom is 0.0666 e. The summed E-state index contributed by atoms with van der Waals surface area (Å²) in [4.78, 5) is 2.12. The van der Waals surface area contributed by atoms with Crippen molar-refractivity contribution in [2.24, 2.45) is 0 Å². The van der Waals surface area contributed by atoms with Crippen molar-refractivity contribution < 1.29 is 5.11 Å². The fraction of sp³-hybridized carbons (Fsp3) is 0.571. The average molecular weight is 271 g/mol. The number of nitrogens with zero attached hydrogens (tertiary/aromatic N) is 1. The highest BCUT2D eigenvalue weighted by Crippen LogP contribution is 2.25. The van der Waals surface area contributed by atoms with Crippen molar-refractivity contribution in [2.45, 2.75) is 18.9 Å². The highest BCUT2D eigenvalue weighted by Gasteiger charge is 2.28. The number of benzene rings is 1. The summed E-state index contributed by atoms with van der Waals surface area (Å²) in [5.74, 6) is 0. The Kier molecular flexibility index (Phi) is 6.09. The largest absolute Gasteiger partial charge is 0.394 e. The lowest BCUT2D eigenvalue weighted by atomic mass is 9.88. The van der Waals surface area contributed by atoms with Gasteiger partial charge in [-0.1, -0.05) is 30.7 Å². The third kappa shape index (κ3) is 3.95. The first-order chi connectivity index (χ1) is 8.54. The van der Waals surface area contributed by atoms with Gasteiger partial charge in [-0.15, -0.1) is 0 Å². The van der Waals surface area contributed by atoms with Gasteiger partial charge in [-0.05, 0) is 38.2 Å². The van der Waals surface area contributed by atoms with E-state index in [1.165, 1.54) is 0 Å². The number of aliphatic hydroxyl groups excluding tert-OH is 1. The first-order valence-electron chi connectivity index (χ1n) is 6.30. The molecule has 0 heterocycles. The van der Waals surface area contributed by atoms with Crippen molar-refractivity contribution >= 4 is 11.6 Å². The van der Waals surface area contributed by atoms with Crippen molar-refractivity contribution in [1.29, 1.82) is 0 Å². The Labute approximate surface area is 115 Å². The van der Waals surface area contributed by atoms with Gasteiger partial charge in [0, 0.05) is 18.1 Å². The first-order valence-corrected chi connectivity index (χ1v) is 6.68. The zero-order valence-electron chi connectivity index (χ0n) is 11.4. The minimum Gasteiger partial charge on any atom is -0.394 e. The lowest BCUT2D eigenvalue weighted by molar-refractivity contribution is 0.152. The number of rotatable bonds is 7. The second-order valence-corrected chi connectivity index (χ2v) is 5.27. The van der Waals surface area contributed by atoms with E-state index in [1.54, 1.807) is 0 Å². The molecule has 3 nitrogen and oxygen atoms in total. The Balaban J connectivity index is 2.81. The molecule has 0 radical (unpaired) electrons. The molecule has 4 heteroatoms.